The number of methoxy groups -OCH3 is 2. The summed E-state index contributed by atoms with van der Waals surface area (Å²) in [6, 6.07) is 7.62. The SMILES string of the molecule is COc1cccc(OC)c1C(=O)NC(=S)Nc1cc(Cl)c([N+](=O)[O-])cc1C. The van der Waals surface area contributed by atoms with Crippen molar-refractivity contribution in [3.63, 3.8) is 0 Å². The molecule has 2 N–H and O–H groups in total. The van der Waals surface area contributed by atoms with Crippen LogP contribution in [0.15, 0.2) is 30.3 Å². The lowest BCUT2D eigenvalue weighted by molar-refractivity contribution is -0.384. The van der Waals surface area contributed by atoms with Crippen molar-refractivity contribution in [1.29, 1.82) is 0 Å². The number of nitrogens with zero attached hydrogens (tertiary/aromatic N) is 1. The number of aryl methyl sites for hydroxylation is 1. The van der Waals surface area contributed by atoms with Crippen LogP contribution >= 0.6 is 23.8 Å². The van der Waals surface area contributed by atoms with Gasteiger partial charge in [0.15, 0.2) is 5.11 Å². The van der Waals surface area contributed by atoms with E-state index in [1.807, 2.05) is 0 Å². The van der Waals surface area contributed by atoms with Gasteiger partial charge in [-0.15, -0.1) is 0 Å². The van der Waals surface area contributed by atoms with Gasteiger partial charge in [-0.2, -0.15) is 0 Å². The second kappa shape index (κ2) is 8.65. The number of nitro groups is 1. The summed E-state index contributed by atoms with van der Waals surface area (Å²) in [5.41, 5.74) is 0.944. The van der Waals surface area contributed by atoms with Crippen molar-refractivity contribution in [2.45, 2.75) is 6.92 Å². The molecule has 0 heterocycles. The van der Waals surface area contributed by atoms with Crippen LogP contribution in [0.5, 0.6) is 11.5 Å². The third-order valence-electron chi connectivity index (χ3n) is 3.62. The van der Waals surface area contributed by atoms with Crippen molar-refractivity contribution in [2.24, 2.45) is 0 Å². The maximum atomic E-state index is 12.6. The Balaban J connectivity index is 2.21. The molecular formula is C17H16ClN3O5S. The first kappa shape index (κ1) is 20.4. The fraction of sp³-hybridized carbons (Fsp3) is 0.176. The Morgan fingerprint density at radius 2 is 1.81 bits per heavy atom. The summed E-state index contributed by atoms with van der Waals surface area (Å²) in [7, 11) is 2.87. The van der Waals surface area contributed by atoms with Gasteiger partial charge < -0.3 is 14.8 Å². The van der Waals surface area contributed by atoms with E-state index in [1.165, 1.54) is 26.4 Å². The lowest BCUT2D eigenvalue weighted by Gasteiger charge is -2.15. The Kier molecular flexibility index (Phi) is 6.54. The first-order chi connectivity index (χ1) is 12.8. The smallest absolute Gasteiger partial charge is 0.288 e. The number of carbonyl (C=O) groups excluding carboxylic acids is 1. The summed E-state index contributed by atoms with van der Waals surface area (Å²) in [4.78, 5) is 22.9. The Morgan fingerprint density at radius 3 is 2.33 bits per heavy atom. The monoisotopic (exact) mass is 409 g/mol. The molecule has 0 saturated carbocycles. The zero-order valence-electron chi connectivity index (χ0n) is 14.7. The van der Waals surface area contributed by atoms with Crippen molar-refractivity contribution in [3.05, 3.63) is 56.6 Å². The predicted octanol–water partition coefficient (Wildman–Crippen LogP) is 3.70. The minimum absolute atomic E-state index is 0.0130. The molecule has 0 aliphatic rings. The molecule has 2 rings (SSSR count). The van der Waals surface area contributed by atoms with Gasteiger partial charge in [0.05, 0.1) is 19.1 Å². The fourth-order valence-corrected chi connectivity index (χ4v) is 2.77. The van der Waals surface area contributed by atoms with E-state index in [9.17, 15) is 14.9 Å². The van der Waals surface area contributed by atoms with Crippen molar-refractivity contribution in [1.82, 2.24) is 5.32 Å². The third kappa shape index (κ3) is 4.63. The Morgan fingerprint density at radius 1 is 1.22 bits per heavy atom. The van der Waals surface area contributed by atoms with Crippen LogP contribution in [0, 0.1) is 17.0 Å². The molecule has 142 valence electrons. The van der Waals surface area contributed by atoms with Crippen LogP contribution in [0.4, 0.5) is 11.4 Å². The van der Waals surface area contributed by atoms with E-state index in [0.717, 1.165) is 0 Å². The van der Waals surface area contributed by atoms with Gasteiger partial charge >= 0.3 is 0 Å². The van der Waals surface area contributed by atoms with E-state index in [4.69, 9.17) is 33.3 Å². The Hall–Kier alpha value is -2.91. The zero-order valence-corrected chi connectivity index (χ0v) is 16.2. The van der Waals surface area contributed by atoms with E-state index in [-0.39, 0.29) is 21.4 Å². The van der Waals surface area contributed by atoms with Gasteiger partial charge in [-0.05, 0) is 42.9 Å². The second-order valence-electron chi connectivity index (χ2n) is 5.32. The van der Waals surface area contributed by atoms with Crippen molar-refractivity contribution in [3.8, 4) is 11.5 Å². The molecule has 8 nitrogen and oxygen atoms in total. The quantitative estimate of drug-likeness (QED) is 0.441. The zero-order chi connectivity index (χ0) is 20.1. The molecular weight excluding hydrogens is 394 g/mol. The average Bonchev–Trinajstić information content (AvgIpc) is 2.63. The number of benzene rings is 2. The number of hydrogen-bond donors (Lipinski definition) is 2. The summed E-state index contributed by atoms with van der Waals surface area (Å²) in [5, 5.41) is 16.2. The van der Waals surface area contributed by atoms with E-state index >= 15 is 0 Å². The first-order valence-corrected chi connectivity index (χ1v) is 8.35. The normalized spacial score (nSPS) is 10.1. The summed E-state index contributed by atoms with van der Waals surface area (Å²) in [5.74, 6) is 0.112. The number of nitrogens with one attached hydrogen (secondary N) is 2. The lowest BCUT2D eigenvalue weighted by Crippen LogP contribution is -2.34. The van der Waals surface area contributed by atoms with Gasteiger partial charge in [-0.25, -0.2) is 0 Å². The fourth-order valence-electron chi connectivity index (χ4n) is 2.34. The molecule has 0 aliphatic carbocycles. The number of thiocarbonyl (C=S) groups is 1. The topological polar surface area (TPSA) is 103 Å². The number of halogens is 1. The summed E-state index contributed by atoms with van der Waals surface area (Å²) in [6.07, 6.45) is 0. The number of carbonyl (C=O) groups is 1. The molecule has 0 aromatic heterocycles. The lowest BCUT2D eigenvalue weighted by atomic mass is 10.1. The maximum Gasteiger partial charge on any atom is 0.288 e. The van der Waals surface area contributed by atoms with Gasteiger partial charge in [0.2, 0.25) is 0 Å². The third-order valence-corrected chi connectivity index (χ3v) is 4.13. The number of hydrogen-bond acceptors (Lipinski definition) is 6. The van der Waals surface area contributed by atoms with Gasteiger partial charge in [-0.3, -0.25) is 20.2 Å². The molecule has 0 unspecified atom stereocenters. The van der Waals surface area contributed by atoms with E-state index in [1.54, 1.807) is 25.1 Å². The molecule has 0 atom stereocenters. The minimum Gasteiger partial charge on any atom is -0.496 e. The molecule has 0 spiro atoms. The van der Waals surface area contributed by atoms with Gasteiger partial charge in [-0.1, -0.05) is 17.7 Å². The maximum absolute atomic E-state index is 12.6. The van der Waals surface area contributed by atoms with Crippen molar-refractivity contribution in [2.75, 3.05) is 19.5 Å². The standard InChI is InChI=1S/C17H16ClN3O5S/c1-9-7-12(21(23)24)10(18)8-11(9)19-17(27)20-16(22)15-13(25-2)5-4-6-14(15)26-3/h4-8H,1-3H3,(H2,19,20,22,27). The molecule has 1 amide bonds. The molecule has 0 radical (unpaired) electrons. The van der Waals surface area contributed by atoms with Crippen LogP contribution in [0.2, 0.25) is 5.02 Å². The highest BCUT2D eigenvalue weighted by Crippen LogP contribution is 2.31. The number of rotatable bonds is 5. The van der Waals surface area contributed by atoms with Crippen LogP contribution in [0.1, 0.15) is 15.9 Å². The number of ether oxygens (including phenoxy) is 2. The molecule has 0 fully saturated rings. The molecule has 0 saturated heterocycles. The van der Waals surface area contributed by atoms with Crippen LogP contribution in [0.3, 0.4) is 0 Å². The average molecular weight is 410 g/mol. The number of amides is 1. The Labute approximate surface area is 165 Å². The minimum atomic E-state index is -0.576. The van der Waals surface area contributed by atoms with E-state index in [0.29, 0.717) is 22.7 Å². The van der Waals surface area contributed by atoms with Crippen molar-refractivity contribution >= 4 is 46.2 Å². The highest BCUT2D eigenvalue weighted by molar-refractivity contribution is 7.80. The van der Waals surface area contributed by atoms with Gasteiger partial charge in [0, 0.05) is 11.8 Å². The largest absolute Gasteiger partial charge is 0.496 e. The van der Waals surface area contributed by atoms with E-state index < -0.39 is 10.8 Å². The molecule has 0 aliphatic heterocycles. The number of anilines is 1. The predicted molar refractivity (Wildman–Crippen MR) is 106 cm³/mol. The summed E-state index contributed by atoms with van der Waals surface area (Å²) in [6.45, 7) is 1.65. The highest BCUT2D eigenvalue weighted by atomic mass is 35.5. The van der Waals surface area contributed by atoms with Gasteiger partial charge in [0.25, 0.3) is 11.6 Å². The van der Waals surface area contributed by atoms with Crippen LogP contribution in [0.25, 0.3) is 0 Å². The molecule has 10 heteroatoms. The molecule has 27 heavy (non-hydrogen) atoms. The van der Waals surface area contributed by atoms with E-state index in [2.05, 4.69) is 10.6 Å². The molecule has 2 aromatic carbocycles. The van der Waals surface area contributed by atoms with Crippen LogP contribution in [-0.4, -0.2) is 30.2 Å². The summed E-state index contributed by atoms with van der Waals surface area (Å²) >= 11 is 11.1. The van der Waals surface area contributed by atoms with Gasteiger partial charge in [0.1, 0.15) is 22.1 Å². The highest BCUT2D eigenvalue weighted by Gasteiger charge is 2.20. The van der Waals surface area contributed by atoms with Crippen LogP contribution in [-0.2, 0) is 0 Å². The molecule has 2 aromatic rings. The van der Waals surface area contributed by atoms with Crippen molar-refractivity contribution < 1.29 is 19.2 Å². The first-order valence-electron chi connectivity index (χ1n) is 7.56. The second-order valence-corrected chi connectivity index (χ2v) is 6.14. The Bertz CT molecular complexity index is 897. The molecule has 0 bridgehead atoms. The van der Waals surface area contributed by atoms with Crippen LogP contribution < -0.4 is 20.1 Å². The number of nitro benzene ring substituents is 1. The summed E-state index contributed by atoms with van der Waals surface area (Å²) < 4.78 is 10.4.